The van der Waals surface area contributed by atoms with Crippen LogP contribution in [-0.2, 0) is 0 Å². The largest absolute Gasteiger partial charge is 0.383 e. The van der Waals surface area contributed by atoms with Crippen LogP contribution in [0.2, 0.25) is 0 Å². The van der Waals surface area contributed by atoms with Crippen molar-refractivity contribution in [3.8, 4) is 0 Å². The van der Waals surface area contributed by atoms with Crippen LogP contribution < -0.4 is 16.4 Å². The van der Waals surface area contributed by atoms with Crippen molar-refractivity contribution in [2.45, 2.75) is 64.1 Å². The fourth-order valence-electron chi connectivity index (χ4n) is 4.54. The molecule has 0 radical (unpaired) electrons. The predicted octanol–water partition coefficient (Wildman–Crippen LogP) is 3.17. The summed E-state index contributed by atoms with van der Waals surface area (Å²) >= 11 is 0. The Morgan fingerprint density at radius 1 is 1.36 bits per heavy atom. The molecule has 0 spiro atoms. The van der Waals surface area contributed by atoms with Crippen LogP contribution in [0, 0.1) is 6.92 Å². The van der Waals surface area contributed by atoms with Crippen LogP contribution in [0.4, 0.5) is 4.79 Å². The van der Waals surface area contributed by atoms with E-state index in [2.05, 4.69) is 53.8 Å². The van der Waals surface area contributed by atoms with Crippen LogP contribution in [0.1, 0.15) is 56.3 Å². The first kappa shape index (κ1) is 20.4. The van der Waals surface area contributed by atoms with E-state index in [0.717, 1.165) is 25.8 Å². The van der Waals surface area contributed by atoms with Crippen molar-refractivity contribution in [3.63, 3.8) is 0 Å². The van der Waals surface area contributed by atoms with Crippen molar-refractivity contribution in [2.24, 2.45) is 5.73 Å². The van der Waals surface area contributed by atoms with Crippen LogP contribution in [-0.4, -0.2) is 41.1 Å². The molecule has 0 bridgehead atoms. The second kappa shape index (κ2) is 9.73. The maximum absolute atomic E-state index is 10.9. The molecular weight excluding hydrogens is 350 g/mol. The number of amides is 2. The van der Waals surface area contributed by atoms with Gasteiger partial charge in [0, 0.05) is 18.8 Å². The molecule has 152 valence electrons. The number of unbranched alkanes of at least 4 members (excludes halogenated alkanes) is 1. The van der Waals surface area contributed by atoms with Crippen molar-refractivity contribution < 1.29 is 4.79 Å². The number of aryl methyl sites for hydroxylation is 1. The average Bonchev–Trinajstić information content (AvgIpc) is 2.68. The quantitative estimate of drug-likeness (QED) is 0.632. The summed E-state index contributed by atoms with van der Waals surface area (Å²) in [5.74, 6) is 0. The number of hydrogen-bond acceptors (Lipinski definition) is 4. The molecule has 1 aromatic rings. The number of urea groups is 1. The SMILES string of the molecule is CC1=CC=CNC1[C@H]1CCC[C@@H](c2ncccc2C)N1CCCCNC(N)=O. The first-order valence-electron chi connectivity index (χ1n) is 10.4. The van der Waals surface area contributed by atoms with E-state index >= 15 is 0 Å². The summed E-state index contributed by atoms with van der Waals surface area (Å²) < 4.78 is 0. The van der Waals surface area contributed by atoms with Crippen LogP contribution in [0.3, 0.4) is 0 Å². The Kier molecular flexibility index (Phi) is 7.09. The topological polar surface area (TPSA) is 83.3 Å². The van der Waals surface area contributed by atoms with E-state index in [1.54, 1.807) is 0 Å². The minimum atomic E-state index is -0.447. The van der Waals surface area contributed by atoms with E-state index in [1.807, 2.05) is 12.3 Å². The molecule has 2 amide bonds. The van der Waals surface area contributed by atoms with Crippen molar-refractivity contribution >= 4 is 6.03 Å². The van der Waals surface area contributed by atoms with Crippen molar-refractivity contribution in [1.82, 2.24) is 20.5 Å². The standard InChI is InChI=1S/C22H33N5O/c1-16-8-6-13-24-20(16)18-10-5-11-19(21-17(2)9-7-14-25-21)27(18)15-4-3-12-26-22(23)28/h6-9,13-14,18-20,24H,3-5,10-12,15H2,1-2H3,(H3,23,26,28)/t18-,19+,20?/m1/s1. The highest BCUT2D eigenvalue weighted by Gasteiger charge is 2.37. The van der Waals surface area contributed by atoms with Crippen LogP contribution in [0.15, 0.2) is 42.3 Å². The summed E-state index contributed by atoms with van der Waals surface area (Å²) in [6, 6.07) is 4.83. The number of dihydropyridines is 1. The third-order valence-corrected chi connectivity index (χ3v) is 5.92. The zero-order valence-corrected chi connectivity index (χ0v) is 17.0. The number of likely N-dealkylation sites (tertiary alicyclic amines) is 1. The van der Waals surface area contributed by atoms with E-state index in [-0.39, 0.29) is 0 Å². The van der Waals surface area contributed by atoms with Gasteiger partial charge in [0.2, 0.25) is 0 Å². The Balaban J connectivity index is 1.77. The van der Waals surface area contributed by atoms with Gasteiger partial charge in [-0.25, -0.2) is 4.79 Å². The molecule has 1 unspecified atom stereocenters. The molecule has 6 heteroatoms. The number of carbonyl (C=O) groups excluding carboxylic acids is 1. The summed E-state index contributed by atoms with van der Waals surface area (Å²) in [5, 5.41) is 6.28. The minimum Gasteiger partial charge on any atom is -0.383 e. The second-order valence-electron chi connectivity index (χ2n) is 7.87. The molecule has 0 aromatic carbocycles. The number of primary amides is 1. The van der Waals surface area contributed by atoms with Crippen LogP contribution in [0.25, 0.3) is 0 Å². The molecule has 28 heavy (non-hydrogen) atoms. The number of nitrogens with one attached hydrogen (secondary N) is 2. The van der Waals surface area contributed by atoms with Gasteiger partial charge in [0.15, 0.2) is 0 Å². The lowest BCUT2D eigenvalue weighted by Gasteiger charge is -2.46. The molecule has 0 saturated carbocycles. The zero-order chi connectivity index (χ0) is 19.9. The maximum atomic E-state index is 10.9. The van der Waals surface area contributed by atoms with E-state index in [0.29, 0.717) is 24.7 Å². The highest BCUT2D eigenvalue weighted by Crippen LogP contribution is 2.37. The van der Waals surface area contributed by atoms with E-state index in [1.165, 1.54) is 29.7 Å². The summed E-state index contributed by atoms with van der Waals surface area (Å²) in [6.45, 7) is 5.99. The number of nitrogens with two attached hydrogens (primary N) is 1. The van der Waals surface area contributed by atoms with Gasteiger partial charge < -0.3 is 16.4 Å². The highest BCUT2D eigenvalue weighted by molar-refractivity contribution is 5.71. The Morgan fingerprint density at radius 2 is 2.21 bits per heavy atom. The molecule has 2 aliphatic heterocycles. The van der Waals surface area contributed by atoms with E-state index < -0.39 is 6.03 Å². The fraction of sp³-hybridized carbons (Fsp3) is 0.545. The maximum Gasteiger partial charge on any atom is 0.312 e. The number of nitrogens with zero attached hydrogens (tertiary/aromatic N) is 2. The molecular formula is C22H33N5O. The highest BCUT2D eigenvalue weighted by atomic mass is 16.2. The Morgan fingerprint density at radius 3 is 2.96 bits per heavy atom. The number of pyridine rings is 1. The van der Waals surface area contributed by atoms with E-state index in [4.69, 9.17) is 10.7 Å². The molecule has 3 atom stereocenters. The number of aromatic nitrogens is 1. The summed E-state index contributed by atoms with van der Waals surface area (Å²) in [6.07, 6.45) is 13.7. The van der Waals surface area contributed by atoms with Gasteiger partial charge in [0.05, 0.1) is 17.8 Å². The average molecular weight is 384 g/mol. The lowest BCUT2D eigenvalue weighted by atomic mass is 9.85. The van der Waals surface area contributed by atoms with Crippen LogP contribution >= 0.6 is 0 Å². The zero-order valence-electron chi connectivity index (χ0n) is 17.0. The molecule has 3 rings (SSSR count). The molecule has 4 N–H and O–H groups in total. The number of allylic oxidation sites excluding steroid dienone is 2. The van der Waals surface area contributed by atoms with Crippen molar-refractivity contribution in [2.75, 3.05) is 13.1 Å². The summed E-state index contributed by atoms with van der Waals surface area (Å²) in [5.41, 5.74) is 9.02. The molecule has 1 fully saturated rings. The normalized spacial score (nSPS) is 25.1. The number of carbonyl (C=O) groups is 1. The molecule has 1 aromatic heterocycles. The summed E-state index contributed by atoms with van der Waals surface area (Å²) in [4.78, 5) is 18.3. The first-order valence-corrected chi connectivity index (χ1v) is 10.4. The Hall–Kier alpha value is -2.34. The van der Waals surface area contributed by atoms with Gasteiger partial charge in [-0.05, 0) is 82.0 Å². The third-order valence-electron chi connectivity index (χ3n) is 5.92. The lowest BCUT2D eigenvalue weighted by molar-refractivity contribution is 0.0634. The monoisotopic (exact) mass is 383 g/mol. The van der Waals surface area contributed by atoms with Gasteiger partial charge in [-0.2, -0.15) is 0 Å². The van der Waals surface area contributed by atoms with Gasteiger partial charge >= 0.3 is 6.03 Å². The molecule has 3 heterocycles. The van der Waals surface area contributed by atoms with Crippen molar-refractivity contribution in [1.29, 1.82) is 0 Å². The van der Waals surface area contributed by atoms with Gasteiger partial charge in [0.1, 0.15) is 0 Å². The number of rotatable bonds is 7. The number of piperidine rings is 1. The third kappa shape index (κ3) is 4.93. The van der Waals surface area contributed by atoms with Crippen molar-refractivity contribution in [3.05, 3.63) is 53.5 Å². The van der Waals surface area contributed by atoms with Gasteiger partial charge in [0.25, 0.3) is 0 Å². The number of hydrogen-bond donors (Lipinski definition) is 3. The van der Waals surface area contributed by atoms with Crippen LogP contribution in [0.5, 0.6) is 0 Å². The van der Waals surface area contributed by atoms with Gasteiger partial charge in [-0.1, -0.05) is 12.1 Å². The first-order chi connectivity index (χ1) is 13.6. The smallest absolute Gasteiger partial charge is 0.312 e. The van der Waals surface area contributed by atoms with E-state index in [9.17, 15) is 4.79 Å². The molecule has 6 nitrogen and oxygen atoms in total. The second-order valence-corrected chi connectivity index (χ2v) is 7.87. The Labute approximate surface area is 168 Å². The molecule has 2 aliphatic rings. The summed E-state index contributed by atoms with van der Waals surface area (Å²) in [7, 11) is 0. The molecule has 1 saturated heterocycles. The Bertz CT molecular complexity index is 729. The van der Waals surface area contributed by atoms with Gasteiger partial charge in [-0.15, -0.1) is 0 Å². The predicted molar refractivity (Wildman–Crippen MR) is 113 cm³/mol. The molecule has 0 aliphatic carbocycles. The van der Waals surface area contributed by atoms with Gasteiger partial charge in [-0.3, -0.25) is 9.88 Å². The lowest BCUT2D eigenvalue weighted by Crippen LogP contribution is -2.53. The fourth-order valence-corrected chi connectivity index (χ4v) is 4.54. The minimum absolute atomic E-state index is 0.334.